The topological polar surface area (TPSA) is 86.7 Å². The maximum Gasteiger partial charge on any atom is 0.326 e. The summed E-state index contributed by atoms with van der Waals surface area (Å²) < 4.78 is 29.3. The van der Waals surface area contributed by atoms with Crippen LogP contribution in [-0.2, 0) is 15.5 Å². The van der Waals surface area contributed by atoms with E-state index in [1.54, 1.807) is 18.2 Å². The van der Waals surface area contributed by atoms with Crippen LogP contribution in [0.3, 0.4) is 0 Å². The van der Waals surface area contributed by atoms with Crippen molar-refractivity contribution in [3.05, 3.63) is 59.2 Å². The number of amides is 2. The van der Waals surface area contributed by atoms with Crippen LogP contribution in [0.25, 0.3) is 11.1 Å². The molecule has 0 spiro atoms. The zero-order valence-corrected chi connectivity index (χ0v) is 17.1. The number of likely N-dealkylation sites (tertiary alicyclic amines) is 1. The molecule has 1 fully saturated rings. The lowest BCUT2D eigenvalue weighted by atomic mass is 9.91. The van der Waals surface area contributed by atoms with Crippen LogP contribution in [0, 0.1) is 5.41 Å². The summed E-state index contributed by atoms with van der Waals surface area (Å²) in [6, 6.07) is 9.15. The van der Waals surface area contributed by atoms with Crippen molar-refractivity contribution >= 4 is 17.8 Å². The van der Waals surface area contributed by atoms with Gasteiger partial charge in [-0.05, 0) is 35.1 Å². The average molecular weight is 428 g/mol. The van der Waals surface area contributed by atoms with Crippen molar-refractivity contribution in [2.75, 3.05) is 13.1 Å². The lowest BCUT2D eigenvalue weighted by molar-refractivity contribution is -0.147. The Kier molecular flexibility index (Phi) is 4.83. The molecule has 0 unspecified atom stereocenters. The van der Waals surface area contributed by atoms with Gasteiger partial charge in [0.15, 0.2) is 0 Å². The number of rotatable bonds is 4. The van der Waals surface area contributed by atoms with E-state index in [0.717, 1.165) is 0 Å². The third kappa shape index (κ3) is 3.56. The summed E-state index contributed by atoms with van der Waals surface area (Å²) in [5.74, 6) is -5.30. The van der Waals surface area contributed by atoms with E-state index in [2.05, 4.69) is 5.32 Å². The molecular weight excluding hydrogens is 406 g/mol. The van der Waals surface area contributed by atoms with Crippen molar-refractivity contribution in [1.29, 1.82) is 0 Å². The fourth-order valence-electron chi connectivity index (χ4n) is 4.43. The Bertz CT molecular complexity index is 1100. The maximum absolute atomic E-state index is 14.7. The molecule has 2 aromatic carbocycles. The number of aliphatic carboxylic acids is 1. The minimum Gasteiger partial charge on any atom is -0.480 e. The van der Waals surface area contributed by atoms with E-state index in [9.17, 15) is 28.3 Å². The van der Waals surface area contributed by atoms with E-state index in [1.807, 2.05) is 13.8 Å². The Morgan fingerprint density at radius 1 is 1.10 bits per heavy atom. The van der Waals surface area contributed by atoms with Crippen LogP contribution < -0.4 is 5.32 Å². The van der Waals surface area contributed by atoms with Gasteiger partial charge in [0.05, 0.1) is 6.54 Å². The van der Waals surface area contributed by atoms with Gasteiger partial charge in [-0.3, -0.25) is 9.59 Å². The van der Waals surface area contributed by atoms with Crippen molar-refractivity contribution in [3.63, 3.8) is 0 Å². The van der Waals surface area contributed by atoms with Gasteiger partial charge in [0.25, 0.3) is 11.8 Å². The fraction of sp³-hybridized carbons (Fsp3) is 0.348. The number of nitrogens with one attached hydrogen (secondary N) is 1. The molecule has 0 saturated carbocycles. The predicted molar refractivity (Wildman–Crippen MR) is 109 cm³/mol. The molecule has 2 N–H and O–H groups in total. The van der Waals surface area contributed by atoms with Gasteiger partial charge in [0.2, 0.25) is 5.91 Å². The largest absolute Gasteiger partial charge is 0.480 e. The molecule has 1 heterocycles. The van der Waals surface area contributed by atoms with Crippen molar-refractivity contribution in [1.82, 2.24) is 10.2 Å². The molecule has 1 saturated heterocycles. The molecule has 2 amide bonds. The average Bonchev–Trinajstić information content (AvgIpc) is 3.17. The highest BCUT2D eigenvalue weighted by molar-refractivity contribution is 5.99. The van der Waals surface area contributed by atoms with Crippen molar-refractivity contribution < 1.29 is 28.3 Å². The number of carbonyl (C=O) groups excluding carboxylic acids is 2. The number of halogens is 2. The SMILES string of the molecule is CC1(C)C[C@@H](C(=O)O)N(C(=O)CNC(=O)c2ccc3c(c2)-c2ccccc2C3(F)F)C1. The fourth-order valence-corrected chi connectivity index (χ4v) is 4.43. The first-order valence-electron chi connectivity index (χ1n) is 9.94. The van der Waals surface area contributed by atoms with Gasteiger partial charge in [-0.1, -0.05) is 44.2 Å². The number of fused-ring (bicyclic) bond motifs is 3. The standard InChI is InChI=1S/C23H22F2N2O4/c1-22(2)10-18(21(30)31)27(12-22)19(28)11-26-20(29)13-7-8-17-15(9-13)14-5-3-4-6-16(14)23(17,24)25/h3-9,18H,10-12H2,1-2H3,(H,26,29)(H,30,31)/t18-/m0/s1. The summed E-state index contributed by atoms with van der Waals surface area (Å²) in [6.45, 7) is 3.67. The zero-order chi connectivity index (χ0) is 22.6. The second-order valence-corrected chi connectivity index (χ2v) is 8.81. The Morgan fingerprint density at radius 3 is 2.48 bits per heavy atom. The molecule has 4 rings (SSSR count). The van der Waals surface area contributed by atoms with E-state index < -0.39 is 29.7 Å². The maximum atomic E-state index is 14.7. The molecule has 1 aliphatic carbocycles. The van der Waals surface area contributed by atoms with Crippen LogP contribution in [0.5, 0.6) is 0 Å². The van der Waals surface area contributed by atoms with Crippen molar-refractivity contribution in [2.45, 2.75) is 32.2 Å². The summed E-state index contributed by atoms with van der Waals surface area (Å²) in [5.41, 5.74) is 0.208. The van der Waals surface area contributed by atoms with Crippen LogP contribution in [0.2, 0.25) is 0 Å². The van der Waals surface area contributed by atoms with Crippen LogP contribution in [-0.4, -0.2) is 46.9 Å². The molecule has 1 aliphatic heterocycles. The van der Waals surface area contributed by atoms with Gasteiger partial charge in [0, 0.05) is 23.2 Å². The first-order valence-corrected chi connectivity index (χ1v) is 9.94. The number of alkyl halides is 2. The highest BCUT2D eigenvalue weighted by Crippen LogP contribution is 2.50. The lowest BCUT2D eigenvalue weighted by Gasteiger charge is -2.22. The van der Waals surface area contributed by atoms with Gasteiger partial charge in [-0.25, -0.2) is 4.79 Å². The Labute approximate surface area is 177 Å². The Morgan fingerprint density at radius 2 is 1.77 bits per heavy atom. The number of benzene rings is 2. The normalized spacial score (nSPS) is 20.1. The molecule has 6 nitrogen and oxygen atoms in total. The minimum absolute atomic E-state index is 0.103. The van der Waals surface area contributed by atoms with Crippen molar-refractivity contribution in [2.24, 2.45) is 5.41 Å². The molecule has 0 bridgehead atoms. The number of hydrogen-bond acceptors (Lipinski definition) is 3. The van der Waals surface area contributed by atoms with E-state index in [1.165, 1.54) is 29.2 Å². The molecule has 2 aliphatic rings. The summed E-state index contributed by atoms with van der Waals surface area (Å²) in [7, 11) is 0. The minimum atomic E-state index is -3.13. The second-order valence-electron chi connectivity index (χ2n) is 8.81. The van der Waals surface area contributed by atoms with Gasteiger partial charge < -0.3 is 15.3 Å². The van der Waals surface area contributed by atoms with E-state index >= 15 is 0 Å². The predicted octanol–water partition coefficient (Wildman–Crippen LogP) is 3.25. The van der Waals surface area contributed by atoms with Crippen molar-refractivity contribution in [3.8, 4) is 11.1 Å². The number of nitrogens with zero attached hydrogens (tertiary/aromatic N) is 1. The summed E-state index contributed by atoms with van der Waals surface area (Å²) >= 11 is 0. The van der Waals surface area contributed by atoms with E-state index in [-0.39, 0.29) is 40.8 Å². The lowest BCUT2D eigenvalue weighted by Crippen LogP contribution is -2.45. The third-order valence-electron chi connectivity index (χ3n) is 5.90. The van der Waals surface area contributed by atoms with Gasteiger partial charge in [-0.2, -0.15) is 8.78 Å². The Balaban J connectivity index is 1.50. The summed E-state index contributed by atoms with van der Waals surface area (Å²) in [6.07, 6.45) is 0.334. The van der Waals surface area contributed by atoms with Crippen LogP contribution >= 0.6 is 0 Å². The molecule has 31 heavy (non-hydrogen) atoms. The molecule has 2 aromatic rings. The highest BCUT2D eigenvalue weighted by Gasteiger charge is 2.45. The number of carboxylic acids is 1. The molecular formula is C23H22F2N2O4. The quantitative estimate of drug-likeness (QED) is 0.783. The Hall–Kier alpha value is -3.29. The second kappa shape index (κ2) is 7.14. The molecule has 0 radical (unpaired) electrons. The summed E-state index contributed by atoms with van der Waals surface area (Å²) in [4.78, 5) is 37.9. The number of carboxylic acid groups (broad SMARTS) is 1. The third-order valence-corrected chi connectivity index (χ3v) is 5.90. The smallest absolute Gasteiger partial charge is 0.326 e. The molecule has 162 valence electrons. The van der Waals surface area contributed by atoms with Crippen LogP contribution in [0.4, 0.5) is 8.78 Å². The van der Waals surface area contributed by atoms with Gasteiger partial charge in [0.1, 0.15) is 6.04 Å². The monoisotopic (exact) mass is 428 g/mol. The van der Waals surface area contributed by atoms with Crippen LogP contribution in [0.15, 0.2) is 42.5 Å². The van der Waals surface area contributed by atoms with Gasteiger partial charge in [-0.15, -0.1) is 0 Å². The highest BCUT2D eigenvalue weighted by atomic mass is 19.3. The molecule has 1 atom stereocenters. The number of hydrogen-bond donors (Lipinski definition) is 2. The van der Waals surface area contributed by atoms with E-state index in [0.29, 0.717) is 12.0 Å². The first-order chi connectivity index (χ1) is 14.5. The van der Waals surface area contributed by atoms with Gasteiger partial charge >= 0.3 is 5.97 Å². The summed E-state index contributed by atoms with van der Waals surface area (Å²) in [5, 5.41) is 11.9. The zero-order valence-electron chi connectivity index (χ0n) is 17.1. The van der Waals surface area contributed by atoms with E-state index in [4.69, 9.17) is 0 Å². The van der Waals surface area contributed by atoms with Crippen LogP contribution in [0.1, 0.15) is 41.8 Å². The number of carbonyl (C=O) groups is 3. The molecule has 0 aromatic heterocycles. The first kappa shape index (κ1) is 21.0. The molecule has 8 heteroatoms.